The van der Waals surface area contributed by atoms with Crippen molar-refractivity contribution in [2.75, 3.05) is 18.6 Å². The van der Waals surface area contributed by atoms with Gasteiger partial charge in [-0.1, -0.05) is 0 Å². The number of hydrogen-bond acceptors (Lipinski definition) is 6. The van der Waals surface area contributed by atoms with E-state index in [1.165, 1.54) is 6.26 Å². The SMILES string of the molecule is CC(c1nc(N)c2c(n1)CCOC2)S(C)(=O)=O. The number of nitrogens with two attached hydrogens (primary N) is 1. The third-order valence-corrected chi connectivity index (χ3v) is 4.37. The van der Waals surface area contributed by atoms with Crippen LogP contribution in [0.25, 0.3) is 0 Å². The third kappa shape index (κ3) is 2.39. The molecule has 0 spiro atoms. The summed E-state index contributed by atoms with van der Waals surface area (Å²) in [4.78, 5) is 8.35. The number of sulfone groups is 1. The monoisotopic (exact) mass is 257 g/mol. The lowest BCUT2D eigenvalue weighted by Crippen LogP contribution is -2.20. The second-order valence-corrected chi connectivity index (χ2v) is 6.53. The molecule has 1 atom stereocenters. The van der Waals surface area contributed by atoms with E-state index in [0.717, 1.165) is 11.3 Å². The summed E-state index contributed by atoms with van der Waals surface area (Å²) in [6, 6.07) is 0. The molecule has 1 aliphatic heterocycles. The van der Waals surface area contributed by atoms with E-state index < -0.39 is 15.1 Å². The van der Waals surface area contributed by atoms with Crippen molar-refractivity contribution in [3.8, 4) is 0 Å². The van der Waals surface area contributed by atoms with E-state index in [0.29, 0.717) is 25.5 Å². The molecule has 0 fully saturated rings. The van der Waals surface area contributed by atoms with Gasteiger partial charge >= 0.3 is 0 Å². The molecule has 0 aromatic carbocycles. The number of anilines is 1. The van der Waals surface area contributed by atoms with Crippen LogP contribution in [-0.2, 0) is 27.6 Å². The number of aromatic nitrogens is 2. The molecule has 94 valence electrons. The Morgan fingerprint density at radius 3 is 2.76 bits per heavy atom. The Labute approximate surface area is 100 Å². The van der Waals surface area contributed by atoms with Gasteiger partial charge in [0.1, 0.15) is 16.9 Å². The Morgan fingerprint density at radius 1 is 1.41 bits per heavy atom. The van der Waals surface area contributed by atoms with Crippen molar-refractivity contribution in [1.82, 2.24) is 9.97 Å². The molecule has 0 bridgehead atoms. The topological polar surface area (TPSA) is 95.2 Å². The lowest BCUT2D eigenvalue weighted by molar-refractivity contribution is 0.109. The number of fused-ring (bicyclic) bond motifs is 1. The number of rotatable bonds is 2. The average Bonchev–Trinajstić information content (AvgIpc) is 2.27. The first-order valence-electron chi connectivity index (χ1n) is 5.31. The van der Waals surface area contributed by atoms with E-state index in [2.05, 4.69) is 9.97 Å². The molecule has 0 radical (unpaired) electrons. The standard InChI is InChI=1S/C10H15N3O3S/c1-6(17(2,14)15)10-12-8-3-4-16-5-7(8)9(11)13-10/h6H,3-5H2,1-2H3,(H2,11,12,13). The molecule has 7 heteroatoms. The third-order valence-electron chi connectivity index (χ3n) is 2.88. The Kier molecular flexibility index (Phi) is 3.05. The van der Waals surface area contributed by atoms with Crippen molar-refractivity contribution in [3.63, 3.8) is 0 Å². The highest BCUT2D eigenvalue weighted by Crippen LogP contribution is 2.24. The molecular weight excluding hydrogens is 242 g/mol. The number of hydrogen-bond donors (Lipinski definition) is 1. The predicted molar refractivity (Wildman–Crippen MR) is 63.1 cm³/mol. The van der Waals surface area contributed by atoms with Crippen LogP contribution in [-0.4, -0.2) is 31.2 Å². The van der Waals surface area contributed by atoms with Crippen LogP contribution in [0.1, 0.15) is 29.3 Å². The number of nitrogen functional groups attached to an aromatic ring is 1. The van der Waals surface area contributed by atoms with Crippen molar-refractivity contribution in [1.29, 1.82) is 0 Å². The van der Waals surface area contributed by atoms with Gasteiger partial charge in [0.2, 0.25) is 0 Å². The van der Waals surface area contributed by atoms with Crippen molar-refractivity contribution in [3.05, 3.63) is 17.1 Å². The fourth-order valence-corrected chi connectivity index (χ4v) is 2.14. The van der Waals surface area contributed by atoms with E-state index in [1.807, 2.05) is 0 Å². The second kappa shape index (κ2) is 4.23. The number of nitrogens with zero attached hydrogens (tertiary/aromatic N) is 2. The lowest BCUT2D eigenvalue weighted by atomic mass is 10.1. The minimum Gasteiger partial charge on any atom is -0.383 e. The maximum Gasteiger partial charge on any atom is 0.157 e. The Bertz CT molecular complexity index is 542. The van der Waals surface area contributed by atoms with Gasteiger partial charge in [0.05, 0.1) is 18.9 Å². The molecule has 2 heterocycles. The van der Waals surface area contributed by atoms with Crippen molar-refractivity contribution in [2.24, 2.45) is 0 Å². The van der Waals surface area contributed by atoms with Gasteiger partial charge < -0.3 is 10.5 Å². The summed E-state index contributed by atoms with van der Waals surface area (Å²) in [6.45, 7) is 2.54. The van der Waals surface area contributed by atoms with Gasteiger partial charge in [0.15, 0.2) is 9.84 Å². The smallest absolute Gasteiger partial charge is 0.157 e. The molecule has 1 aromatic rings. The van der Waals surface area contributed by atoms with E-state index in [4.69, 9.17) is 10.5 Å². The van der Waals surface area contributed by atoms with Gasteiger partial charge in [-0.15, -0.1) is 0 Å². The molecule has 6 nitrogen and oxygen atoms in total. The van der Waals surface area contributed by atoms with Gasteiger partial charge in [-0.3, -0.25) is 0 Å². The molecule has 1 aliphatic rings. The summed E-state index contributed by atoms with van der Waals surface area (Å²) in [5, 5.41) is -0.738. The zero-order valence-corrected chi connectivity index (χ0v) is 10.6. The maximum absolute atomic E-state index is 11.5. The van der Waals surface area contributed by atoms with Crippen LogP contribution in [0.3, 0.4) is 0 Å². The fourth-order valence-electron chi connectivity index (χ4n) is 1.65. The fraction of sp³-hybridized carbons (Fsp3) is 0.600. The van der Waals surface area contributed by atoms with Crippen LogP contribution in [0.5, 0.6) is 0 Å². The van der Waals surface area contributed by atoms with Crippen molar-refractivity contribution >= 4 is 15.7 Å². The van der Waals surface area contributed by atoms with E-state index in [-0.39, 0.29) is 5.82 Å². The first-order valence-corrected chi connectivity index (χ1v) is 7.27. The van der Waals surface area contributed by atoms with Crippen LogP contribution in [0.4, 0.5) is 5.82 Å². The zero-order chi connectivity index (χ0) is 12.6. The first-order chi connectivity index (χ1) is 7.89. The molecule has 0 saturated carbocycles. The Hall–Kier alpha value is -1.21. The Balaban J connectivity index is 2.48. The largest absolute Gasteiger partial charge is 0.383 e. The molecular formula is C10H15N3O3S. The molecule has 17 heavy (non-hydrogen) atoms. The lowest BCUT2D eigenvalue weighted by Gasteiger charge is -2.19. The minimum atomic E-state index is -3.21. The summed E-state index contributed by atoms with van der Waals surface area (Å²) >= 11 is 0. The predicted octanol–water partition coefficient (Wildman–Crippen LogP) is 0.237. The molecule has 0 aliphatic carbocycles. The quantitative estimate of drug-likeness (QED) is 0.815. The Morgan fingerprint density at radius 2 is 2.12 bits per heavy atom. The zero-order valence-electron chi connectivity index (χ0n) is 9.80. The van der Waals surface area contributed by atoms with E-state index in [1.54, 1.807) is 6.92 Å². The summed E-state index contributed by atoms with van der Waals surface area (Å²) in [5.41, 5.74) is 7.38. The van der Waals surface area contributed by atoms with E-state index >= 15 is 0 Å². The van der Waals surface area contributed by atoms with Gasteiger partial charge in [-0.25, -0.2) is 18.4 Å². The van der Waals surface area contributed by atoms with Gasteiger partial charge in [-0.2, -0.15) is 0 Å². The molecule has 0 amide bonds. The van der Waals surface area contributed by atoms with Crippen LogP contribution >= 0.6 is 0 Å². The first kappa shape index (κ1) is 12.3. The van der Waals surface area contributed by atoms with Crippen molar-refractivity contribution < 1.29 is 13.2 Å². The van der Waals surface area contributed by atoms with Gasteiger partial charge in [0.25, 0.3) is 0 Å². The molecule has 0 saturated heterocycles. The van der Waals surface area contributed by atoms with Crippen LogP contribution in [0, 0.1) is 0 Å². The van der Waals surface area contributed by atoms with Gasteiger partial charge in [0, 0.05) is 18.2 Å². The second-order valence-electron chi connectivity index (χ2n) is 4.17. The van der Waals surface area contributed by atoms with E-state index in [9.17, 15) is 8.42 Å². The highest BCUT2D eigenvalue weighted by Gasteiger charge is 2.24. The molecule has 2 N–H and O–H groups in total. The van der Waals surface area contributed by atoms with Gasteiger partial charge in [-0.05, 0) is 6.92 Å². The summed E-state index contributed by atoms with van der Waals surface area (Å²) in [6.07, 6.45) is 1.81. The summed E-state index contributed by atoms with van der Waals surface area (Å²) < 4.78 is 28.2. The minimum absolute atomic E-state index is 0.269. The summed E-state index contributed by atoms with van der Waals surface area (Å²) in [7, 11) is -3.21. The average molecular weight is 257 g/mol. The van der Waals surface area contributed by atoms with Crippen molar-refractivity contribution in [2.45, 2.75) is 25.2 Å². The highest BCUT2D eigenvalue weighted by molar-refractivity contribution is 7.90. The normalized spacial score (nSPS) is 17.5. The molecule has 1 unspecified atom stereocenters. The van der Waals surface area contributed by atoms with Crippen LogP contribution in [0.2, 0.25) is 0 Å². The summed E-state index contributed by atoms with van der Waals surface area (Å²) in [5.74, 6) is 0.589. The van der Waals surface area contributed by atoms with Crippen LogP contribution < -0.4 is 5.73 Å². The molecule has 2 rings (SSSR count). The maximum atomic E-state index is 11.5. The highest BCUT2D eigenvalue weighted by atomic mass is 32.2. The van der Waals surface area contributed by atoms with Crippen LogP contribution in [0.15, 0.2) is 0 Å². The molecule has 1 aromatic heterocycles. The number of ether oxygens (including phenoxy) is 1.